The van der Waals surface area contributed by atoms with E-state index in [9.17, 15) is 14.7 Å². The van der Waals surface area contributed by atoms with E-state index >= 15 is 0 Å². The number of rotatable bonds is 4. The van der Waals surface area contributed by atoms with Gasteiger partial charge in [-0.1, -0.05) is 45.0 Å². The number of hydrazine groups is 1. The van der Waals surface area contributed by atoms with Crippen LogP contribution in [0.15, 0.2) is 48.5 Å². The van der Waals surface area contributed by atoms with Crippen molar-refractivity contribution in [3.8, 4) is 11.5 Å². The molecule has 2 rings (SSSR count). The fourth-order valence-electron chi connectivity index (χ4n) is 2.24. The average Bonchev–Trinajstić information content (AvgIpc) is 2.59. The summed E-state index contributed by atoms with van der Waals surface area (Å²) in [6, 6.07) is 13.6. The summed E-state index contributed by atoms with van der Waals surface area (Å²) >= 11 is 0. The largest absolute Gasteiger partial charge is 0.507 e. The highest BCUT2D eigenvalue weighted by Crippen LogP contribution is 2.24. The SMILES string of the molecule is C[C@@H](Oc1ccc(C(C)(C)C)cc1)C(=O)NNC(=O)c1ccccc1O. The van der Waals surface area contributed by atoms with E-state index in [0.29, 0.717) is 5.75 Å². The van der Waals surface area contributed by atoms with Crippen LogP contribution in [0.5, 0.6) is 11.5 Å². The Bertz CT molecular complexity index is 779. The Labute approximate surface area is 153 Å². The molecule has 0 spiro atoms. The third kappa shape index (κ3) is 4.99. The van der Waals surface area contributed by atoms with Crippen LogP contribution in [0.4, 0.5) is 0 Å². The monoisotopic (exact) mass is 356 g/mol. The zero-order chi connectivity index (χ0) is 19.3. The van der Waals surface area contributed by atoms with Crippen LogP contribution in [-0.2, 0) is 10.2 Å². The Hall–Kier alpha value is -3.02. The minimum Gasteiger partial charge on any atom is -0.507 e. The number of hydrogen-bond donors (Lipinski definition) is 3. The lowest BCUT2D eigenvalue weighted by atomic mass is 9.87. The van der Waals surface area contributed by atoms with Gasteiger partial charge in [0.2, 0.25) is 0 Å². The number of hydrogen-bond acceptors (Lipinski definition) is 4. The molecule has 0 unspecified atom stereocenters. The Morgan fingerprint density at radius 1 is 1.00 bits per heavy atom. The zero-order valence-corrected chi connectivity index (χ0v) is 15.4. The summed E-state index contributed by atoms with van der Waals surface area (Å²) in [4.78, 5) is 24.0. The van der Waals surface area contributed by atoms with Gasteiger partial charge in [0.05, 0.1) is 5.56 Å². The maximum atomic E-state index is 12.1. The Balaban J connectivity index is 1.89. The van der Waals surface area contributed by atoms with Gasteiger partial charge in [0.15, 0.2) is 6.10 Å². The van der Waals surface area contributed by atoms with E-state index in [1.807, 2.05) is 24.3 Å². The Morgan fingerprint density at radius 2 is 1.62 bits per heavy atom. The van der Waals surface area contributed by atoms with Gasteiger partial charge in [-0.15, -0.1) is 0 Å². The number of carbonyl (C=O) groups is 2. The molecule has 6 heteroatoms. The molecule has 6 nitrogen and oxygen atoms in total. The van der Waals surface area contributed by atoms with Gasteiger partial charge in [-0.2, -0.15) is 0 Å². The lowest BCUT2D eigenvalue weighted by molar-refractivity contribution is -0.128. The molecule has 0 bridgehead atoms. The molecular formula is C20H24N2O4. The van der Waals surface area contributed by atoms with Gasteiger partial charge >= 0.3 is 0 Å². The van der Waals surface area contributed by atoms with Crippen LogP contribution in [-0.4, -0.2) is 23.0 Å². The Morgan fingerprint density at radius 3 is 2.19 bits per heavy atom. The summed E-state index contributed by atoms with van der Waals surface area (Å²) in [5, 5.41) is 9.63. The predicted molar refractivity (Wildman–Crippen MR) is 98.9 cm³/mol. The molecule has 0 saturated heterocycles. The van der Waals surface area contributed by atoms with Crippen molar-refractivity contribution in [1.82, 2.24) is 10.9 Å². The minimum absolute atomic E-state index is 0.0365. The lowest BCUT2D eigenvalue weighted by Gasteiger charge is -2.20. The first-order chi connectivity index (χ1) is 12.2. The highest BCUT2D eigenvalue weighted by atomic mass is 16.5. The molecule has 0 aliphatic heterocycles. The highest BCUT2D eigenvalue weighted by Gasteiger charge is 2.18. The normalized spacial score (nSPS) is 12.2. The molecule has 3 N–H and O–H groups in total. The van der Waals surface area contributed by atoms with E-state index < -0.39 is 17.9 Å². The van der Waals surface area contributed by atoms with Crippen LogP contribution >= 0.6 is 0 Å². The van der Waals surface area contributed by atoms with Crippen LogP contribution in [0.25, 0.3) is 0 Å². The van der Waals surface area contributed by atoms with Gasteiger partial charge in [-0.05, 0) is 42.2 Å². The van der Waals surface area contributed by atoms with Crippen LogP contribution in [0.1, 0.15) is 43.6 Å². The van der Waals surface area contributed by atoms with Crippen molar-refractivity contribution < 1.29 is 19.4 Å². The Kier molecular flexibility index (Phi) is 5.87. The first-order valence-corrected chi connectivity index (χ1v) is 8.34. The molecule has 0 fully saturated rings. The van der Waals surface area contributed by atoms with Gasteiger partial charge in [-0.25, -0.2) is 0 Å². The summed E-state index contributed by atoms with van der Waals surface area (Å²) in [6.07, 6.45) is -0.805. The second-order valence-electron chi connectivity index (χ2n) is 6.99. The van der Waals surface area contributed by atoms with Crippen molar-refractivity contribution in [2.45, 2.75) is 39.2 Å². The van der Waals surface area contributed by atoms with Crippen molar-refractivity contribution in [1.29, 1.82) is 0 Å². The molecule has 0 saturated carbocycles. The number of benzene rings is 2. The van der Waals surface area contributed by atoms with Crippen LogP contribution in [0.3, 0.4) is 0 Å². The zero-order valence-electron chi connectivity index (χ0n) is 15.4. The second-order valence-corrected chi connectivity index (χ2v) is 6.99. The molecule has 138 valence electrons. The lowest BCUT2D eigenvalue weighted by Crippen LogP contribution is -2.47. The van der Waals surface area contributed by atoms with Gasteiger partial charge < -0.3 is 9.84 Å². The van der Waals surface area contributed by atoms with Gasteiger partial charge in [0, 0.05) is 0 Å². The van der Waals surface area contributed by atoms with Gasteiger partial charge in [-0.3, -0.25) is 20.4 Å². The van der Waals surface area contributed by atoms with Crippen LogP contribution < -0.4 is 15.6 Å². The predicted octanol–water partition coefficient (Wildman–Crippen LogP) is 2.92. The molecular weight excluding hydrogens is 332 g/mol. The number of phenols is 1. The number of nitrogens with one attached hydrogen (secondary N) is 2. The standard InChI is InChI=1S/C20H24N2O4/c1-13(26-15-11-9-14(10-12-15)20(2,3)4)18(24)21-22-19(25)16-7-5-6-8-17(16)23/h5-13,23H,1-4H3,(H,21,24)(H,22,25)/t13-/m1/s1. The van der Waals surface area contributed by atoms with Gasteiger partial charge in [0.25, 0.3) is 11.8 Å². The summed E-state index contributed by atoms with van der Waals surface area (Å²) in [7, 11) is 0. The number of aromatic hydroxyl groups is 1. The number of para-hydroxylation sites is 1. The first kappa shape index (κ1) is 19.3. The van der Waals surface area contributed by atoms with Crippen LogP contribution in [0, 0.1) is 0 Å². The van der Waals surface area contributed by atoms with E-state index in [0.717, 1.165) is 5.56 Å². The summed E-state index contributed by atoms with van der Waals surface area (Å²) in [6.45, 7) is 7.93. The summed E-state index contributed by atoms with van der Waals surface area (Å²) in [5.74, 6) is -0.720. The molecule has 2 amide bonds. The van der Waals surface area contributed by atoms with Crippen molar-refractivity contribution >= 4 is 11.8 Å². The summed E-state index contributed by atoms with van der Waals surface area (Å²) < 4.78 is 5.59. The van der Waals surface area contributed by atoms with Crippen molar-refractivity contribution in [2.75, 3.05) is 0 Å². The van der Waals surface area contributed by atoms with E-state index in [1.165, 1.54) is 12.1 Å². The molecule has 0 aliphatic rings. The maximum absolute atomic E-state index is 12.1. The fourth-order valence-corrected chi connectivity index (χ4v) is 2.24. The number of amides is 2. The first-order valence-electron chi connectivity index (χ1n) is 8.34. The molecule has 2 aromatic rings. The number of carbonyl (C=O) groups excluding carboxylic acids is 2. The maximum Gasteiger partial charge on any atom is 0.279 e. The van der Waals surface area contributed by atoms with Crippen molar-refractivity contribution in [3.63, 3.8) is 0 Å². The summed E-state index contributed by atoms with van der Waals surface area (Å²) in [5.41, 5.74) is 5.81. The molecule has 0 aliphatic carbocycles. The molecule has 0 aromatic heterocycles. The van der Waals surface area contributed by atoms with Crippen LogP contribution in [0.2, 0.25) is 0 Å². The number of phenolic OH excluding ortho intramolecular Hbond substituents is 1. The van der Waals surface area contributed by atoms with Crippen molar-refractivity contribution in [3.05, 3.63) is 59.7 Å². The third-order valence-electron chi connectivity index (χ3n) is 3.85. The number of ether oxygens (including phenoxy) is 1. The fraction of sp³-hybridized carbons (Fsp3) is 0.300. The molecule has 0 radical (unpaired) electrons. The molecule has 0 heterocycles. The quantitative estimate of drug-likeness (QED) is 0.735. The van der Waals surface area contributed by atoms with Gasteiger partial charge in [0.1, 0.15) is 11.5 Å². The second kappa shape index (κ2) is 7.91. The van der Waals surface area contributed by atoms with E-state index in [1.54, 1.807) is 19.1 Å². The smallest absolute Gasteiger partial charge is 0.279 e. The molecule has 1 atom stereocenters. The topological polar surface area (TPSA) is 87.7 Å². The highest BCUT2D eigenvalue weighted by molar-refractivity contribution is 5.97. The van der Waals surface area contributed by atoms with E-state index in [2.05, 4.69) is 31.6 Å². The molecule has 2 aromatic carbocycles. The third-order valence-corrected chi connectivity index (χ3v) is 3.85. The van der Waals surface area contributed by atoms with E-state index in [4.69, 9.17) is 4.74 Å². The average molecular weight is 356 g/mol. The molecule has 26 heavy (non-hydrogen) atoms. The van der Waals surface area contributed by atoms with E-state index in [-0.39, 0.29) is 16.7 Å². The van der Waals surface area contributed by atoms with Crippen molar-refractivity contribution in [2.24, 2.45) is 0 Å². The minimum atomic E-state index is -0.805.